The van der Waals surface area contributed by atoms with Crippen molar-refractivity contribution >= 4 is 27.4 Å². The van der Waals surface area contributed by atoms with Gasteiger partial charge in [-0.25, -0.2) is 0 Å². The van der Waals surface area contributed by atoms with E-state index >= 15 is 0 Å². The Kier molecular flexibility index (Phi) is 3.97. The van der Waals surface area contributed by atoms with Gasteiger partial charge in [-0.1, -0.05) is 25.8 Å². The van der Waals surface area contributed by atoms with Crippen molar-refractivity contribution < 1.29 is 0 Å². The van der Waals surface area contributed by atoms with E-state index in [0.717, 1.165) is 0 Å². The SMILES string of the molecule is CCC(C)[SiH]([SiH3])[SiH3]. The topological polar surface area (TPSA) is 0 Å². The predicted molar refractivity (Wildman–Crippen MR) is 46.7 cm³/mol. The lowest BCUT2D eigenvalue weighted by atomic mass is 10.4. The average molecular weight is 148 g/mol. The minimum atomic E-state index is 0.0131. The van der Waals surface area contributed by atoms with Gasteiger partial charge in [-0.15, -0.1) is 0 Å². The summed E-state index contributed by atoms with van der Waals surface area (Å²) in [5.41, 5.74) is 1.17. The summed E-state index contributed by atoms with van der Waals surface area (Å²) < 4.78 is 0. The second kappa shape index (κ2) is 3.63. The van der Waals surface area contributed by atoms with Crippen molar-refractivity contribution in [2.45, 2.75) is 25.8 Å². The first-order valence-corrected chi connectivity index (χ1v) is 13.1. The second-order valence-electron chi connectivity index (χ2n) is 2.63. The Balaban J connectivity index is 3.14. The smallest absolute Gasteiger partial charge is 0.00862 e. The summed E-state index contributed by atoms with van der Waals surface area (Å²) in [7, 11) is 3.14. The van der Waals surface area contributed by atoms with Crippen molar-refractivity contribution in [1.29, 1.82) is 0 Å². The van der Waals surface area contributed by atoms with Crippen LogP contribution in [0.2, 0.25) is 5.54 Å². The molecule has 0 aromatic rings. The fourth-order valence-corrected chi connectivity index (χ4v) is 4.24. The van der Waals surface area contributed by atoms with E-state index < -0.39 is 0 Å². The van der Waals surface area contributed by atoms with Crippen LogP contribution in [0.1, 0.15) is 20.3 Å². The maximum absolute atomic E-state index is 2.43. The highest BCUT2D eigenvalue weighted by atomic mass is 29.5. The third-order valence-corrected chi connectivity index (χ3v) is 11.4. The molecule has 3 heteroatoms. The Bertz CT molecular complexity index is 44.2. The van der Waals surface area contributed by atoms with E-state index in [2.05, 4.69) is 13.8 Å². The Hall–Kier alpha value is 0.651. The van der Waals surface area contributed by atoms with Crippen LogP contribution >= 0.6 is 0 Å². The molecule has 0 radical (unpaired) electrons. The Morgan fingerprint density at radius 1 is 1.57 bits per heavy atom. The Labute approximate surface area is 53.7 Å². The summed E-state index contributed by atoms with van der Waals surface area (Å²) >= 11 is 0. The number of hydrogen-bond acceptors (Lipinski definition) is 0. The minimum Gasteiger partial charge on any atom is -0.0657 e. The van der Waals surface area contributed by atoms with Gasteiger partial charge < -0.3 is 0 Å². The highest BCUT2D eigenvalue weighted by molar-refractivity contribution is 7.29. The van der Waals surface area contributed by atoms with E-state index in [1.165, 1.54) is 12.0 Å². The molecule has 0 N–H and O–H groups in total. The van der Waals surface area contributed by atoms with Crippen LogP contribution in [0.3, 0.4) is 0 Å². The molecule has 0 aromatic carbocycles. The molecule has 0 rings (SSSR count). The molecule has 0 nitrogen and oxygen atoms in total. The molecule has 0 amide bonds. The van der Waals surface area contributed by atoms with Gasteiger partial charge in [0, 0.05) is 7.83 Å². The van der Waals surface area contributed by atoms with Crippen molar-refractivity contribution in [3.05, 3.63) is 0 Å². The van der Waals surface area contributed by atoms with E-state index in [1.807, 2.05) is 0 Å². The molecule has 7 heavy (non-hydrogen) atoms. The van der Waals surface area contributed by atoms with E-state index in [-0.39, 0.29) is 7.83 Å². The average Bonchev–Trinajstić information content (AvgIpc) is 1.65. The van der Waals surface area contributed by atoms with Crippen LogP contribution in [-0.4, -0.2) is 27.4 Å². The normalized spacial score (nSPS) is 19.7. The van der Waals surface area contributed by atoms with Crippen LogP contribution in [0.5, 0.6) is 0 Å². The predicted octanol–water partition coefficient (Wildman–Crippen LogP) is -1.26. The molecule has 44 valence electrons. The third kappa shape index (κ3) is 3.25. The summed E-state index contributed by atoms with van der Waals surface area (Å²) in [5.74, 6) is 0. The first kappa shape index (κ1) is 7.65. The van der Waals surface area contributed by atoms with Gasteiger partial charge >= 0.3 is 0 Å². The van der Waals surface area contributed by atoms with Gasteiger partial charge in [0.25, 0.3) is 0 Å². The molecule has 1 unspecified atom stereocenters. The molecule has 0 saturated heterocycles. The van der Waals surface area contributed by atoms with Crippen LogP contribution in [0.4, 0.5) is 0 Å². The quantitative estimate of drug-likeness (QED) is 0.429. The van der Waals surface area contributed by atoms with Crippen molar-refractivity contribution in [2.75, 3.05) is 0 Å². The van der Waals surface area contributed by atoms with E-state index in [9.17, 15) is 0 Å². The van der Waals surface area contributed by atoms with E-state index in [1.54, 1.807) is 19.5 Å². The van der Waals surface area contributed by atoms with Gasteiger partial charge in [0.2, 0.25) is 0 Å². The summed E-state index contributed by atoms with van der Waals surface area (Å²) in [6.45, 7) is 4.75. The molecule has 0 aliphatic heterocycles. The van der Waals surface area contributed by atoms with Crippen molar-refractivity contribution in [1.82, 2.24) is 0 Å². The van der Waals surface area contributed by atoms with Crippen LogP contribution in [0.15, 0.2) is 0 Å². The molecule has 1 atom stereocenters. The zero-order valence-corrected chi connectivity index (χ0v) is 11.0. The van der Waals surface area contributed by atoms with Gasteiger partial charge in [-0.3, -0.25) is 0 Å². The highest BCUT2D eigenvalue weighted by Crippen LogP contribution is 2.07. The van der Waals surface area contributed by atoms with Gasteiger partial charge in [-0.2, -0.15) is 0 Å². The lowest BCUT2D eigenvalue weighted by Gasteiger charge is -2.09. The van der Waals surface area contributed by atoms with Crippen LogP contribution in [-0.2, 0) is 0 Å². The molecule has 0 aliphatic carbocycles. The van der Waals surface area contributed by atoms with Crippen molar-refractivity contribution in [2.24, 2.45) is 0 Å². The van der Waals surface area contributed by atoms with Crippen LogP contribution in [0.25, 0.3) is 0 Å². The van der Waals surface area contributed by atoms with E-state index in [0.29, 0.717) is 0 Å². The molecule has 0 aliphatic rings. The molecule has 0 bridgehead atoms. The zero-order chi connectivity index (χ0) is 5.86. The molecule has 0 aromatic heterocycles. The molecular formula is C4H16Si3. The molecule has 0 spiro atoms. The van der Waals surface area contributed by atoms with Gasteiger partial charge in [0.15, 0.2) is 0 Å². The Morgan fingerprint density at radius 3 is 2.00 bits per heavy atom. The van der Waals surface area contributed by atoms with Crippen molar-refractivity contribution in [3.63, 3.8) is 0 Å². The first-order chi connectivity index (χ1) is 3.18. The van der Waals surface area contributed by atoms with Crippen molar-refractivity contribution in [3.8, 4) is 0 Å². The fourth-order valence-electron chi connectivity index (χ4n) is 0.471. The summed E-state index contributed by atoms with van der Waals surface area (Å²) in [6, 6.07) is 0. The summed E-state index contributed by atoms with van der Waals surface area (Å²) in [5, 5.41) is 0. The molecular weight excluding hydrogens is 132 g/mol. The third-order valence-electron chi connectivity index (χ3n) is 1.78. The monoisotopic (exact) mass is 148 g/mol. The Morgan fingerprint density at radius 2 is 2.00 bits per heavy atom. The summed E-state index contributed by atoms with van der Waals surface area (Å²) in [6.07, 6.45) is 1.45. The fraction of sp³-hybridized carbons (Fsp3) is 1.00. The maximum atomic E-state index is 2.43. The lowest BCUT2D eigenvalue weighted by Crippen LogP contribution is -2.18. The van der Waals surface area contributed by atoms with E-state index in [4.69, 9.17) is 0 Å². The summed E-state index contributed by atoms with van der Waals surface area (Å²) in [4.78, 5) is 0. The van der Waals surface area contributed by atoms with Gasteiger partial charge in [-0.05, 0) is 19.5 Å². The minimum absolute atomic E-state index is 0.0131. The molecule has 0 saturated carbocycles. The highest BCUT2D eigenvalue weighted by Gasteiger charge is 2.02. The molecule has 0 heterocycles. The second-order valence-corrected chi connectivity index (χ2v) is 24.1. The van der Waals surface area contributed by atoms with Gasteiger partial charge in [0.1, 0.15) is 0 Å². The zero-order valence-electron chi connectivity index (χ0n) is 5.86. The standard InChI is InChI=1S/C4H16Si3/c1-3-4(2)7(5)6/h4,7H,3H2,1-2,5-6H3. The number of rotatable bonds is 2. The number of hydrogen-bond donors (Lipinski definition) is 0. The molecule has 0 fully saturated rings. The largest absolute Gasteiger partial charge is 0.0657 e. The van der Waals surface area contributed by atoms with Gasteiger partial charge in [0.05, 0.1) is 0 Å². The van der Waals surface area contributed by atoms with Crippen LogP contribution in [0, 0.1) is 0 Å². The maximum Gasteiger partial charge on any atom is 0.00862 e. The van der Waals surface area contributed by atoms with Crippen LogP contribution < -0.4 is 0 Å². The lowest BCUT2D eigenvalue weighted by molar-refractivity contribution is 0.873. The first-order valence-electron chi connectivity index (χ1n) is 3.18.